The van der Waals surface area contributed by atoms with E-state index in [1.165, 1.54) is 0 Å². The van der Waals surface area contributed by atoms with Crippen molar-refractivity contribution in [3.8, 4) is 5.75 Å². The van der Waals surface area contributed by atoms with Crippen molar-refractivity contribution >= 4 is 11.6 Å². The summed E-state index contributed by atoms with van der Waals surface area (Å²) < 4.78 is 5.66. The zero-order valence-corrected chi connectivity index (χ0v) is 13.3. The molecule has 21 heavy (non-hydrogen) atoms. The molecule has 3 nitrogen and oxygen atoms in total. The van der Waals surface area contributed by atoms with E-state index in [0.29, 0.717) is 0 Å². The van der Waals surface area contributed by atoms with Gasteiger partial charge in [0.25, 0.3) is 0 Å². The Hall–Kier alpha value is -1.55. The van der Waals surface area contributed by atoms with E-state index >= 15 is 0 Å². The Bertz CT molecular complexity index is 596. The number of hydrogen-bond donors (Lipinski definition) is 2. The Morgan fingerprint density at radius 1 is 1.10 bits per heavy atom. The molecule has 0 bridgehead atoms. The molecule has 0 aliphatic rings. The van der Waals surface area contributed by atoms with Gasteiger partial charge in [-0.15, -0.1) is 0 Å². The van der Waals surface area contributed by atoms with Crippen LogP contribution < -0.4 is 16.0 Å². The highest BCUT2D eigenvalue weighted by molar-refractivity contribution is 6.30. The number of aryl methyl sites for hydroxylation is 1. The van der Waals surface area contributed by atoms with Crippen molar-refractivity contribution in [2.45, 2.75) is 32.9 Å². The van der Waals surface area contributed by atoms with Crippen LogP contribution in [0.25, 0.3) is 0 Å². The maximum atomic E-state index is 6.01. The fourth-order valence-electron chi connectivity index (χ4n) is 2.34. The van der Waals surface area contributed by atoms with Crippen molar-refractivity contribution in [2.24, 2.45) is 5.84 Å². The van der Waals surface area contributed by atoms with Crippen LogP contribution in [0, 0.1) is 6.92 Å². The third-order valence-electron chi connectivity index (χ3n) is 3.29. The van der Waals surface area contributed by atoms with Gasteiger partial charge in [0.2, 0.25) is 0 Å². The quantitative estimate of drug-likeness (QED) is 0.648. The van der Waals surface area contributed by atoms with E-state index in [1.54, 1.807) is 0 Å². The number of hydrogen-bond acceptors (Lipinski definition) is 3. The Kier molecular flexibility index (Phi) is 5.23. The molecule has 2 rings (SSSR count). The number of hydrazine groups is 1. The Balaban J connectivity index is 2.28. The van der Waals surface area contributed by atoms with Crippen molar-refractivity contribution < 1.29 is 4.74 Å². The molecule has 0 saturated carbocycles. The SMILES string of the molecule is Cc1cc(Cl)ccc1C(NN)c1ccc(OC(C)C)cc1. The summed E-state index contributed by atoms with van der Waals surface area (Å²) >= 11 is 6.01. The first kappa shape index (κ1) is 15.8. The minimum atomic E-state index is -0.0737. The van der Waals surface area contributed by atoms with Crippen molar-refractivity contribution in [1.82, 2.24) is 5.43 Å². The third-order valence-corrected chi connectivity index (χ3v) is 3.53. The van der Waals surface area contributed by atoms with Crippen molar-refractivity contribution in [1.29, 1.82) is 0 Å². The normalized spacial score (nSPS) is 12.5. The highest BCUT2D eigenvalue weighted by Crippen LogP contribution is 2.27. The van der Waals surface area contributed by atoms with Crippen molar-refractivity contribution in [3.05, 3.63) is 64.2 Å². The second-order valence-electron chi connectivity index (χ2n) is 5.34. The lowest BCUT2D eigenvalue weighted by Crippen LogP contribution is -2.29. The summed E-state index contributed by atoms with van der Waals surface area (Å²) in [6.07, 6.45) is 0.165. The van der Waals surface area contributed by atoms with Gasteiger partial charge in [0.1, 0.15) is 5.75 Å². The number of halogens is 1. The molecule has 0 amide bonds. The van der Waals surface area contributed by atoms with Crippen LogP contribution >= 0.6 is 11.6 Å². The Morgan fingerprint density at radius 3 is 2.29 bits per heavy atom. The highest BCUT2D eigenvalue weighted by atomic mass is 35.5. The van der Waals surface area contributed by atoms with E-state index in [-0.39, 0.29) is 12.1 Å². The zero-order chi connectivity index (χ0) is 15.4. The molecular weight excluding hydrogens is 284 g/mol. The number of nitrogens with one attached hydrogen (secondary N) is 1. The van der Waals surface area contributed by atoms with Gasteiger partial charge in [0.05, 0.1) is 12.1 Å². The number of rotatable bonds is 5. The summed E-state index contributed by atoms with van der Waals surface area (Å²) in [5, 5.41) is 0.729. The largest absolute Gasteiger partial charge is 0.491 e. The second-order valence-corrected chi connectivity index (χ2v) is 5.77. The summed E-state index contributed by atoms with van der Waals surface area (Å²) in [6, 6.07) is 13.7. The van der Waals surface area contributed by atoms with Gasteiger partial charge < -0.3 is 4.74 Å². The zero-order valence-electron chi connectivity index (χ0n) is 12.6. The van der Waals surface area contributed by atoms with Gasteiger partial charge >= 0.3 is 0 Å². The predicted molar refractivity (Wildman–Crippen MR) is 87.6 cm³/mol. The molecule has 1 atom stereocenters. The number of ether oxygens (including phenoxy) is 1. The molecule has 0 aliphatic heterocycles. The van der Waals surface area contributed by atoms with E-state index < -0.39 is 0 Å². The van der Waals surface area contributed by atoms with Gasteiger partial charge in [-0.05, 0) is 61.7 Å². The summed E-state index contributed by atoms with van der Waals surface area (Å²) in [7, 11) is 0. The molecule has 0 saturated heterocycles. The molecule has 1 unspecified atom stereocenters. The second kappa shape index (κ2) is 6.94. The molecule has 112 valence electrons. The maximum absolute atomic E-state index is 6.01. The van der Waals surface area contributed by atoms with E-state index in [1.807, 2.05) is 63.2 Å². The Morgan fingerprint density at radius 2 is 1.76 bits per heavy atom. The lowest BCUT2D eigenvalue weighted by Gasteiger charge is -2.20. The van der Waals surface area contributed by atoms with E-state index in [0.717, 1.165) is 27.5 Å². The van der Waals surface area contributed by atoms with Gasteiger partial charge in [-0.2, -0.15) is 0 Å². The lowest BCUT2D eigenvalue weighted by molar-refractivity contribution is 0.242. The number of nitrogens with two attached hydrogens (primary N) is 1. The van der Waals surface area contributed by atoms with E-state index in [2.05, 4.69) is 5.43 Å². The van der Waals surface area contributed by atoms with Crippen LogP contribution in [0.3, 0.4) is 0 Å². The molecule has 2 aromatic rings. The minimum Gasteiger partial charge on any atom is -0.491 e. The Labute approximate surface area is 131 Å². The predicted octanol–water partition coefficient (Wildman–Crippen LogP) is 3.99. The van der Waals surface area contributed by atoms with Gasteiger partial charge in [-0.3, -0.25) is 5.84 Å². The maximum Gasteiger partial charge on any atom is 0.119 e. The van der Waals surface area contributed by atoms with Crippen molar-refractivity contribution in [2.75, 3.05) is 0 Å². The molecule has 3 N–H and O–H groups in total. The van der Waals surface area contributed by atoms with Crippen LogP contribution in [0.2, 0.25) is 5.02 Å². The highest BCUT2D eigenvalue weighted by Gasteiger charge is 2.15. The van der Waals surface area contributed by atoms with Crippen LogP contribution in [-0.2, 0) is 0 Å². The summed E-state index contributed by atoms with van der Waals surface area (Å²) in [5.41, 5.74) is 6.17. The molecule has 4 heteroatoms. The van der Waals surface area contributed by atoms with Gasteiger partial charge in [-0.1, -0.05) is 29.8 Å². The van der Waals surface area contributed by atoms with E-state index in [4.69, 9.17) is 22.2 Å². The standard InChI is InChI=1S/C17H21ClN2O/c1-11(2)21-15-7-4-13(5-8-15)17(20-19)16-9-6-14(18)10-12(16)3/h4-11,17,20H,19H2,1-3H3. The summed E-state index contributed by atoms with van der Waals surface area (Å²) in [6.45, 7) is 6.05. The molecule has 0 radical (unpaired) electrons. The fourth-order valence-corrected chi connectivity index (χ4v) is 2.57. The summed E-state index contributed by atoms with van der Waals surface area (Å²) in [5.74, 6) is 6.61. The van der Waals surface area contributed by atoms with Crippen LogP contribution in [0.4, 0.5) is 0 Å². The van der Waals surface area contributed by atoms with Crippen LogP contribution in [0.1, 0.15) is 36.6 Å². The molecule has 0 aromatic heterocycles. The first-order valence-corrected chi connectivity index (χ1v) is 7.38. The molecule has 0 spiro atoms. The smallest absolute Gasteiger partial charge is 0.119 e. The molecule has 0 fully saturated rings. The third kappa shape index (κ3) is 3.97. The van der Waals surface area contributed by atoms with Gasteiger partial charge in [0.15, 0.2) is 0 Å². The van der Waals surface area contributed by atoms with Crippen LogP contribution in [-0.4, -0.2) is 6.10 Å². The molecule has 0 aliphatic carbocycles. The summed E-state index contributed by atoms with van der Waals surface area (Å²) in [4.78, 5) is 0. The van der Waals surface area contributed by atoms with Crippen molar-refractivity contribution in [3.63, 3.8) is 0 Å². The average molecular weight is 305 g/mol. The first-order chi connectivity index (χ1) is 10.0. The van der Waals surface area contributed by atoms with Gasteiger partial charge in [-0.25, -0.2) is 5.43 Å². The molecule has 0 heterocycles. The first-order valence-electron chi connectivity index (χ1n) is 7.00. The monoisotopic (exact) mass is 304 g/mol. The number of benzene rings is 2. The topological polar surface area (TPSA) is 47.3 Å². The molecule has 2 aromatic carbocycles. The van der Waals surface area contributed by atoms with Crippen LogP contribution in [0.15, 0.2) is 42.5 Å². The fraction of sp³-hybridized carbons (Fsp3) is 0.294. The lowest BCUT2D eigenvalue weighted by atomic mass is 9.95. The van der Waals surface area contributed by atoms with Crippen LogP contribution in [0.5, 0.6) is 5.75 Å². The average Bonchev–Trinajstić information content (AvgIpc) is 2.43. The van der Waals surface area contributed by atoms with Gasteiger partial charge in [0, 0.05) is 5.02 Å². The molecular formula is C17H21ClN2O. The minimum absolute atomic E-state index is 0.0737. The van der Waals surface area contributed by atoms with E-state index in [9.17, 15) is 0 Å².